The standard InChI is InChI=1S/C17H27FN2O2/c1-5-9-20(10-6-2)17(21)13-19(3)12-14-7-8-16(22-4)15(18)11-14/h7-8,11H,5-6,9-10,12-13H2,1-4H3. The summed E-state index contributed by atoms with van der Waals surface area (Å²) in [4.78, 5) is 16.1. The normalized spacial score (nSPS) is 10.8. The van der Waals surface area contributed by atoms with Crippen molar-refractivity contribution in [3.05, 3.63) is 29.6 Å². The number of halogens is 1. The van der Waals surface area contributed by atoms with Crippen LogP contribution in [-0.2, 0) is 11.3 Å². The average Bonchev–Trinajstić information content (AvgIpc) is 2.47. The van der Waals surface area contributed by atoms with Gasteiger partial charge in [0.1, 0.15) is 0 Å². The van der Waals surface area contributed by atoms with Crippen LogP contribution < -0.4 is 4.74 Å². The predicted molar refractivity (Wildman–Crippen MR) is 86.4 cm³/mol. The van der Waals surface area contributed by atoms with Gasteiger partial charge in [0, 0.05) is 19.6 Å². The zero-order valence-electron chi connectivity index (χ0n) is 14.1. The molecule has 0 N–H and O–H groups in total. The van der Waals surface area contributed by atoms with Gasteiger partial charge >= 0.3 is 0 Å². The topological polar surface area (TPSA) is 32.8 Å². The quantitative estimate of drug-likeness (QED) is 0.703. The number of hydrogen-bond donors (Lipinski definition) is 0. The van der Waals surface area contributed by atoms with Gasteiger partial charge in [0.25, 0.3) is 0 Å². The predicted octanol–water partition coefficient (Wildman–Crippen LogP) is 2.91. The van der Waals surface area contributed by atoms with Crippen LogP contribution in [0.25, 0.3) is 0 Å². The van der Waals surface area contributed by atoms with Crippen LogP contribution in [0, 0.1) is 5.82 Å². The van der Waals surface area contributed by atoms with E-state index < -0.39 is 0 Å². The molecule has 124 valence electrons. The summed E-state index contributed by atoms with van der Waals surface area (Å²) in [6, 6.07) is 4.88. The van der Waals surface area contributed by atoms with Gasteiger partial charge in [0.2, 0.25) is 5.91 Å². The summed E-state index contributed by atoms with van der Waals surface area (Å²) in [7, 11) is 3.31. The van der Waals surface area contributed by atoms with Crippen molar-refractivity contribution in [2.75, 3.05) is 33.8 Å². The van der Waals surface area contributed by atoms with Crippen LogP contribution in [0.3, 0.4) is 0 Å². The molecule has 0 bridgehead atoms. The molecular weight excluding hydrogens is 283 g/mol. The molecule has 1 rings (SSSR count). The third-order valence-electron chi connectivity index (χ3n) is 3.41. The van der Waals surface area contributed by atoms with E-state index in [0.29, 0.717) is 13.1 Å². The fraction of sp³-hybridized carbons (Fsp3) is 0.588. The largest absolute Gasteiger partial charge is 0.494 e. The summed E-state index contributed by atoms with van der Waals surface area (Å²) in [6.07, 6.45) is 1.91. The molecule has 0 aliphatic heterocycles. The first-order valence-electron chi connectivity index (χ1n) is 7.80. The lowest BCUT2D eigenvalue weighted by molar-refractivity contribution is -0.132. The summed E-state index contributed by atoms with van der Waals surface area (Å²) in [6.45, 7) is 6.58. The van der Waals surface area contributed by atoms with Crippen molar-refractivity contribution in [2.45, 2.75) is 33.2 Å². The van der Waals surface area contributed by atoms with Crippen molar-refractivity contribution in [1.82, 2.24) is 9.80 Å². The van der Waals surface area contributed by atoms with Crippen molar-refractivity contribution in [2.24, 2.45) is 0 Å². The van der Waals surface area contributed by atoms with E-state index in [-0.39, 0.29) is 17.5 Å². The Morgan fingerprint density at radius 3 is 2.36 bits per heavy atom. The SMILES string of the molecule is CCCN(CCC)C(=O)CN(C)Cc1ccc(OC)c(F)c1. The molecule has 0 unspecified atom stereocenters. The molecule has 0 fully saturated rings. The first-order valence-corrected chi connectivity index (χ1v) is 7.80. The summed E-state index contributed by atoms with van der Waals surface area (Å²) in [5, 5.41) is 0. The fourth-order valence-electron chi connectivity index (χ4n) is 2.41. The van der Waals surface area contributed by atoms with E-state index in [4.69, 9.17) is 4.74 Å². The number of nitrogens with zero attached hydrogens (tertiary/aromatic N) is 2. The highest BCUT2D eigenvalue weighted by Crippen LogP contribution is 2.18. The molecule has 1 aromatic rings. The van der Waals surface area contributed by atoms with Crippen molar-refractivity contribution < 1.29 is 13.9 Å². The number of benzene rings is 1. The number of carbonyl (C=O) groups is 1. The minimum atomic E-state index is -0.377. The van der Waals surface area contributed by atoms with E-state index >= 15 is 0 Å². The minimum Gasteiger partial charge on any atom is -0.494 e. The van der Waals surface area contributed by atoms with Crippen LogP contribution in [0.2, 0.25) is 0 Å². The number of ether oxygens (including phenoxy) is 1. The highest BCUT2D eigenvalue weighted by molar-refractivity contribution is 5.78. The molecule has 1 aromatic carbocycles. The van der Waals surface area contributed by atoms with Gasteiger partial charge in [-0.15, -0.1) is 0 Å². The number of rotatable bonds is 9. The monoisotopic (exact) mass is 310 g/mol. The summed E-state index contributed by atoms with van der Waals surface area (Å²) in [5.41, 5.74) is 0.825. The zero-order chi connectivity index (χ0) is 16.5. The number of likely N-dealkylation sites (N-methyl/N-ethyl adjacent to an activating group) is 1. The molecular formula is C17H27FN2O2. The first-order chi connectivity index (χ1) is 10.5. The Kier molecular flexibility index (Phi) is 7.88. The molecule has 22 heavy (non-hydrogen) atoms. The van der Waals surface area contributed by atoms with Gasteiger partial charge in [0.05, 0.1) is 13.7 Å². The average molecular weight is 310 g/mol. The minimum absolute atomic E-state index is 0.125. The molecule has 0 aromatic heterocycles. The molecule has 1 amide bonds. The number of hydrogen-bond acceptors (Lipinski definition) is 3. The van der Waals surface area contributed by atoms with E-state index in [1.807, 2.05) is 22.9 Å². The number of amides is 1. The molecule has 0 saturated heterocycles. The summed E-state index contributed by atoms with van der Waals surface area (Å²) < 4.78 is 18.6. The van der Waals surface area contributed by atoms with E-state index in [2.05, 4.69) is 13.8 Å². The Hall–Kier alpha value is -1.62. The van der Waals surface area contributed by atoms with Crippen molar-refractivity contribution in [3.8, 4) is 5.75 Å². The highest BCUT2D eigenvalue weighted by Gasteiger charge is 2.14. The highest BCUT2D eigenvalue weighted by atomic mass is 19.1. The lowest BCUT2D eigenvalue weighted by Gasteiger charge is -2.25. The summed E-state index contributed by atoms with van der Waals surface area (Å²) >= 11 is 0. The lowest BCUT2D eigenvalue weighted by Crippen LogP contribution is -2.39. The Morgan fingerprint density at radius 2 is 1.86 bits per heavy atom. The van der Waals surface area contributed by atoms with Crippen LogP contribution in [0.15, 0.2) is 18.2 Å². The second-order valence-corrected chi connectivity index (χ2v) is 5.52. The van der Waals surface area contributed by atoms with Crippen molar-refractivity contribution in [3.63, 3.8) is 0 Å². The maximum Gasteiger partial charge on any atom is 0.236 e. The Morgan fingerprint density at radius 1 is 1.23 bits per heavy atom. The first kappa shape index (κ1) is 18.4. The summed E-state index contributed by atoms with van der Waals surface area (Å²) in [5.74, 6) is -0.0157. The van der Waals surface area contributed by atoms with Crippen LogP contribution in [0.1, 0.15) is 32.3 Å². The Balaban J connectivity index is 2.59. The van der Waals surface area contributed by atoms with Crippen LogP contribution in [0.4, 0.5) is 4.39 Å². The second kappa shape index (κ2) is 9.41. The molecule has 0 heterocycles. The molecule has 0 aliphatic carbocycles. The van der Waals surface area contributed by atoms with Crippen LogP contribution in [0.5, 0.6) is 5.75 Å². The van der Waals surface area contributed by atoms with E-state index in [0.717, 1.165) is 31.5 Å². The molecule has 0 saturated carbocycles. The molecule has 0 spiro atoms. The van der Waals surface area contributed by atoms with E-state index in [9.17, 15) is 9.18 Å². The molecule has 0 aliphatic rings. The van der Waals surface area contributed by atoms with Gasteiger partial charge in [0.15, 0.2) is 11.6 Å². The van der Waals surface area contributed by atoms with E-state index in [1.54, 1.807) is 6.07 Å². The Labute approximate surface area is 132 Å². The van der Waals surface area contributed by atoms with Crippen molar-refractivity contribution >= 4 is 5.91 Å². The molecule has 4 nitrogen and oxygen atoms in total. The second-order valence-electron chi connectivity index (χ2n) is 5.52. The molecule has 5 heteroatoms. The zero-order valence-corrected chi connectivity index (χ0v) is 14.1. The molecule has 0 radical (unpaired) electrons. The van der Waals surface area contributed by atoms with Gasteiger partial charge in [-0.1, -0.05) is 19.9 Å². The smallest absolute Gasteiger partial charge is 0.236 e. The van der Waals surface area contributed by atoms with E-state index in [1.165, 1.54) is 13.2 Å². The third kappa shape index (κ3) is 5.64. The third-order valence-corrected chi connectivity index (χ3v) is 3.41. The Bertz CT molecular complexity index is 474. The van der Waals surface area contributed by atoms with Crippen LogP contribution >= 0.6 is 0 Å². The fourth-order valence-corrected chi connectivity index (χ4v) is 2.41. The maximum atomic E-state index is 13.7. The number of carbonyl (C=O) groups excluding carboxylic acids is 1. The lowest BCUT2D eigenvalue weighted by atomic mass is 10.2. The van der Waals surface area contributed by atoms with Crippen LogP contribution in [-0.4, -0.2) is 49.5 Å². The van der Waals surface area contributed by atoms with Crippen molar-refractivity contribution in [1.29, 1.82) is 0 Å². The van der Waals surface area contributed by atoms with Gasteiger partial charge in [-0.3, -0.25) is 9.69 Å². The van der Waals surface area contributed by atoms with Gasteiger partial charge < -0.3 is 9.64 Å². The number of methoxy groups -OCH3 is 1. The maximum absolute atomic E-state index is 13.7. The van der Waals surface area contributed by atoms with Gasteiger partial charge in [-0.05, 0) is 37.6 Å². The molecule has 0 atom stereocenters. The van der Waals surface area contributed by atoms with Gasteiger partial charge in [-0.25, -0.2) is 4.39 Å². The van der Waals surface area contributed by atoms with Gasteiger partial charge in [-0.2, -0.15) is 0 Å².